The van der Waals surface area contributed by atoms with Crippen LogP contribution < -0.4 is 4.74 Å². The van der Waals surface area contributed by atoms with Crippen LogP contribution in [0.2, 0.25) is 5.02 Å². The second kappa shape index (κ2) is 5.38. The van der Waals surface area contributed by atoms with Crippen LogP contribution in [0.5, 0.6) is 11.6 Å². The van der Waals surface area contributed by atoms with Gasteiger partial charge in [-0.05, 0) is 34.1 Å². The molecule has 1 aromatic carbocycles. The summed E-state index contributed by atoms with van der Waals surface area (Å²) in [5.74, 6) is -0.299. The van der Waals surface area contributed by atoms with Crippen molar-refractivity contribution in [2.45, 2.75) is 6.18 Å². The largest absolute Gasteiger partial charge is 0.437 e. The van der Waals surface area contributed by atoms with Crippen LogP contribution in [0.15, 0.2) is 41.0 Å². The van der Waals surface area contributed by atoms with Gasteiger partial charge in [0.15, 0.2) is 0 Å². The van der Waals surface area contributed by atoms with Gasteiger partial charge in [0.05, 0.1) is 15.1 Å². The van der Waals surface area contributed by atoms with Gasteiger partial charge in [-0.1, -0.05) is 23.7 Å². The minimum Gasteiger partial charge on any atom is -0.437 e. The third kappa shape index (κ3) is 3.39. The summed E-state index contributed by atoms with van der Waals surface area (Å²) < 4.78 is 43.9. The SMILES string of the molecule is FC(F)(F)c1ccccc1Oc1ncc(Cl)cc1Br. The molecule has 0 spiro atoms. The summed E-state index contributed by atoms with van der Waals surface area (Å²) in [5.41, 5.74) is -0.862. The van der Waals surface area contributed by atoms with Crippen molar-refractivity contribution in [3.8, 4) is 11.6 Å². The van der Waals surface area contributed by atoms with Crippen molar-refractivity contribution in [3.63, 3.8) is 0 Å². The molecule has 0 saturated carbocycles. The van der Waals surface area contributed by atoms with E-state index in [-0.39, 0.29) is 11.6 Å². The Kier molecular flexibility index (Phi) is 4.01. The van der Waals surface area contributed by atoms with E-state index in [1.165, 1.54) is 30.5 Å². The van der Waals surface area contributed by atoms with E-state index in [1.807, 2.05) is 0 Å². The van der Waals surface area contributed by atoms with Crippen molar-refractivity contribution in [1.29, 1.82) is 0 Å². The Balaban J connectivity index is 2.39. The van der Waals surface area contributed by atoms with Crippen LogP contribution in [0, 0.1) is 0 Å². The van der Waals surface area contributed by atoms with Crippen LogP contribution >= 0.6 is 27.5 Å². The zero-order valence-electron chi connectivity index (χ0n) is 9.21. The highest BCUT2D eigenvalue weighted by molar-refractivity contribution is 9.10. The van der Waals surface area contributed by atoms with Crippen molar-refractivity contribution in [2.24, 2.45) is 0 Å². The molecule has 2 aromatic rings. The van der Waals surface area contributed by atoms with E-state index in [1.54, 1.807) is 0 Å². The quantitative estimate of drug-likeness (QED) is 0.731. The van der Waals surface area contributed by atoms with Gasteiger partial charge in [0.2, 0.25) is 5.88 Å². The molecule has 0 fully saturated rings. The lowest BCUT2D eigenvalue weighted by Gasteiger charge is -2.13. The van der Waals surface area contributed by atoms with Gasteiger partial charge in [0.25, 0.3) is 0 Å². The number of nitrogens with zero attached hydrogens (tertiary/aromatic N) is 1. The fraction of sp³-hybridized carbons (Fsp3) is 0.0833. The lowest BCUT2D eigenvalue weighted by Crippen LogP contribution is -2.07. The Morgan fingerprint density at radius 1 is 1.21 bits per heavy atom. The maximum Gasteiger partial charge on any atom is 0.419 e. The molecule has 100 valence electrons. The van der Waals surface area contributed by atoms with Crippen molar-refractivity contribution < 1.29 is 17.9 Å². The standard InChI is InChI=1S/C12H6BrClF3NO/c13-9-5-7(14)6-18-11(9)19-10-4-2-1-3-8(10)12(15,16)17/h1-6H. The number of benzene rings is 1. The number of aromatic nitrogens is 1. The maximum atomic E-state index is 12.8. The third-order valence-electron chi connectivity index (χ3n) is 2.17. The van der Waals surface area contributed by atoms with Crippen LogP contribution in [-0.4, -0.2) is 4.98 Å². The summed E-state index contributed by atoms with van der Waals surface area (Å²) >= 11 is 8.82. The molecule has 0 atom stereocenters. The van der Waals surface area contributed by atoms with Crippen LogP contribution in [0.4, 0.5) is 13.2 Å². The highest BCUT2D eigenvalue weighted by Crippen LogP contribution is 2.39. The number of pyridine rings is 1. The highest BCUT2D eigenvalue weighted by atomic mass is 79.9. The second-order valence-corrected chi connectivity index (χ2v) is 4.83. The van der Waals surface area contributed by atoms with E-state index < -0.39 is 11.7 Å². The molecule has 0 bridgehead atoms. The molecule has 7 heteroatoms. The molecule has 0 unspecified atom stereocenters. The Morgan fingerprint density at radius 3 is 2.53 bits per heavy atom. The molecule has 0 aliphatic rings. The molecule has 0 aliphatic heterocycles. The second-order valence-electron chi connectivity index (χ2n) is 3.54. The Hall–Kier alpha value is -1.27. The molecular weight excluding hydrogens is 346 g/mol. The van der Waals surface area contributed by atoms with E-state index in [0.717, 1.165) is 6.07 Å². The Bertz CT molecular complexity index is 604. The first-order valence-electron chi connectivity index (χ1n) is 5.03. The van der Waals surface area contributed by atoms with Crippen LogP contribution in [0.25, 0.3) is 0 Å². The smallest absolute Gasteiger partial charge is 0.419 e. The molecule has 0 aliphatic carbocycles. The average Bonchev–Trinajstić information content (AvgIpc) is 2.32. The van der Waals surface area contributed by atoms with Crippen LogP contribution in [0.3, 0.4) is 0 Å². The first-order chi connectivity index (χ1) is 8.88. The molecule has 0 amide bonds. The molecule has 19 heavy (non-hydrogen) atoms. The van der Waals surface area contributed by atoms with Gasteiger partial charge in [-0.15, -0.1) is 0 Å². The van der Waals surface area contributed by atoms with E-state index in [9.17, 15) is 13.2 Å². The highest BCUT2D eigenvalue weighted by Gasteiger charge is 2.34. The van der Waals surface area contributed by atoms with E-state index in [4.69, 9.17) is 16.3 Å². The Labute approximate surface area is 120 Å². The molecule has 0 saturated heterocycles. The van der Waals surface area contributed by atoms with Crippen molar-refractivity contribution in [2.75, 3.05) is 0 Å². The third-order valence-corrected chi connectivity index (χ3v) is 2.95. The lowest BCUT2D eigenvalue weighted by molar-refractivity contribution is -0.138. The van der Waals surface area contributed by atoms with E-state index in [2.05, 4.69) is 20.9 Å². The topological polar surface area (TPSA) is 22.1 Å². The van der Waals surface area contributed by atoms with Crippen molar-refractivity contribution in [1.82, 2.24) is 4.98 Å². The summed E-state index contributed by atoms with van der Waals surface area (Å²) in [5, 5.41) is 0.350. The fourth-order valence-electron chi connectivity index (χ4n) is 1.37. The number of halogens is 5. The molecule has 1 heterocycles. The van der Waals surface area contributed by atoms with Crippen molar-refractivity contribution in [3.05, 3.63) is 51.6 Å². The average molecular weight is 353 g/mol. The van der Waals surface area contributed by atoms with Crippen LogP contribution in [0.1, 0.15) is 5.56 Å². The van der Waals surface area contributed by atoms with Gasteiger partial charge in [0.1, 0.15) is 5.75 Å². The number of hydrogen-bond donors (Lipinski definition) is 0. The molecule has 0 N–H and O–H groups in total. The number of alkyl halides is 3. The summed E-state index contributed by atoms with van der Waals surface area (Å²) in [6, 6.07) is 6.40. The van der Waals surface area contributed by atoms with Gasteiger partial charge in [0, 0.05) is 6.20 Å². The predicted molar refractivity (Wildman–Crippen MR) is 68.5 cm³/mol. The summed E-state index contributed by atoms with van der Waals surface area (Å²) in [6.45, 7) is 0. The van der Waals surface area contributed by atoms with Gasteiger partial charge in [-0.25, -0.2) is 4.98 Å². The molecule has 2 rings (SSSR count). The molecular formula is C12H6BrClF3NO. The summed E-state index contributed by atoms with van der Waals surface area (Å²) in [7, 11) is 0. The minimum atomic E-state index is -4.49. The first kappa shape index (κ1) is 14.1. The minimum absolute atomic E-state index is 0.0149. The van der Waals surface area contributed by atoms with Gasteiger partial charge < -0.3 is 4.74 Å². The number of ether oxygens (including phenoxy) is 1. The predicted octanol–water partition coefficient (Wildman–Crippen LogP) is 5.31. The lowest BCUT2D eigenvalue weighted by atomic mass is 10.2. The first-order valence-corrected chi connectivity index (χ1v) is 6.20. The zero-order chi connectivity index (χ0) is 14.0. The maximum absolute atomic E-state index is 12.8. The Morgan fingerprint density at radius 2 is 1.89 bits per heavy atom. The summed E-state index contributed by atoms with van der Waals surface area (Å²) in [6.07, 6.45) is -3.20. The monoisotopic (exact) mass is 351 g/mol. The zero-order valence-corrected chi connectivity index (χ0v) is 11.6. The fourth-order valence-corrected chi connectivity index (χ4v) is 2.09. The molecule has 1 aromatic heterocycles. The number of para-hydroxylation sites is 1. The van der Waals surface area contributed by atoms with E-state index >= 15 is 0 Å². The van der Waals surface area contributed by atoms with E-state index in [0.29, 0.717) is 9.50 Å². The van der Waals surface area contributed by atoms with Gasteiger partial charge in [-0.2, -0.15) is 13.2 Å². The number of hydrogen-bond acceptors (Lipinski definition) is 2. The van der Waals surface area contributed by atoms with Gasteiger partial charge >= 0.3 is 6.18 Å². The summed E-state index contributed by atoms with van der Waals surface area (Å²) in [4.78, 5) is 3.83. The molecule has 2 nitrogen and oxygen atoms in total. The molecule has 0 radical (unpaired) electrons. The number of rotatable bonds is 2. The normalized spacial score (nSPS) is 11.4. The van der Waals surface area contributed by atoms with Crippen molar-refractivity contribution >= 4 is 27.5 Å². The van der Waals surface area contributed by atoms with Crippen LogP contribution in [-0.2, 0) is 6.18 Å². The van der Waals surface area contributed by atoms with Gasteiger partial charge in [-0.3, -0.25) is 0 Å².